The van der Waals surface area contributed by atoms with Gasteiger partial charge in [-0.15, -0.1) is 23.5 Å². The molecule has 39 heavy (non-hydrogen) atoms. The molecule has 218 valence electrons. The topological polar surface area (TPSA) is 46.5 Å². The second-order valence-electron chi connectivity index (χ2n) is 14.5. The summed E-state index contributed by atoms with van der Waals surface area (Å²) in [6.07, 6.45) is 0.610. The van der Waals surface area contributed by atoms with Crippen molar-refractivity contribution in [2.24, 2.45) is 0 Å². The van der Waals surface area contributed by atoms with Crippen molar-refractivity contribution in [2.45, 2.75) is 139 Å². The molecule has 2 aromatic rings. The number of rotatable bonds is 10. The van der Waals surface area contributed by atoms with Crippen molar-refractivity contribution in [1.82, 2.24) is 0 Å². The SMILES string of the molecule is CC(C)c1cc(SC(C)(C)Sc2cc(C(C)(C)C)c(OCCCC(=O)O)c(C(C)(C)C)c2)cc(C(C)(C)C)c1. The van der Waals surface area contributed by atoms with Crippen LogP contribution in [0.2, 0.25) is 0 Å². The van der Waals surface area contributed by atoms with Gasteiger partial charge >= 0.3 is 5.97 Å². The van der Waals surface area contributed by atoms with E-state index in [4.69, 9.17) is 9.84 Å². The lowest BCUT2D eigenvalue weighted by atomic mass is 9.79. The van der Waals surface area contributed by atoms with Crippen LogP contribution in [0.15, 0.2) is 40.1 Å². The lowest BCUT2D eigenvalue weighted by molar-refractivity contribution is -0.137. The lowest BCUT2D eigenvalue weighted by Gasteiger charge is -2.32. The molecule has 0 aliphatic rings. The predicted octanol–water partition coefficient (Wildman–Crippen LogP) is 10.6. The Bertz CT molecular complexity index is 1110. The summed E-state index contributed by atoms with van der Waals surface area (Å²) in [7, 11) is 0. The first-order valence-electron chi connectivity index (χ1n) is 14.2. The molecule has 0 radical (unpaired) electrons. The summed E-state index contributed by atoms with van der Waals surface area (Å²) in [6, 6.07) is 11.7. The third kappa shape index (κ3) is 10.1. The van der Waals surface area contributed by atoms with Crippen LogP contribution in [0.25, 0.3) is 0 Å². The molecule has 0 aliphatic carbocycles. The molecule has 1 N–H and O–H groups in total. The summed E-state index contributed by atoms with van der Waals surface area (Å²) in [5, 5.41) is 9.07. The number of benzene rings is 2. The summed E-state index contributed by atoms with van der Waals surface area (Å²) >= 11 is 3.83. The minimum Gasteiger partial charge on any atom is -0.493 e. The zero-order chi connectivity index (χ0) is 30.0. The zero-order valence-electron chi connectivity index (χ0n) is 26.7. The van der Waals surface area contributed by atoms with Gasteiger partial charge in [-0.1, -0.05) is 82.2 Å². The van der Waals surface area contributed by atoms with Crippen molar-refractivity contribution < 1.29 is 14.6 Å². The minimum atomic E-state index is -0.786. The van der Waals surface area contributed by atoms with Crippen molar-refractivity contribution in [3.05, 3.63) is 52.6 Å². The molecule has 3 nitrogen and oxygen atoms in total. The number of hydrogen-bond donors (Lipinski definition) is 1. The summed E-state index contributed by atoms with van der Waals surface area (Å²) in [5.41, 5.74) is 4.97. The van der Waals surface area contributed by atoms with Gasteiger partial charge in [-0.05, 0) is 77.8 Å². The van der Waals surface area contributed by atoms with Gasteiger partial charge in [0.1, 0.15) is 5.75 Å². The van der Waals surface area contributed by atoms with Crippen LogP contribution < -0.4 is 4.74 Å². The number of carboxylic acid groups (broad SMARTS) is 1. The van der Waals surface area contributed by atoms with Gasteiger partial charge in [-0.25, -0.2) is 0 Å². The smallest absolute Gasteiger partial charge is 0.303 e. The quantitative estimate of drug-likeness (QED) is 0.174. The Balaban J connectivity index is 2.50. The van der Waals surface area contributed by atoms with Crippen molar-refractivity contribution in [1.29, 1.82) is 0 Å². The van der Waals surface area contributed by atoms with E-state index in [2.05, 4.69) is 120 Å². The average molecular weight is 573 g/mol. The molecule has 0 saturated heterocycles. The van der Waals surface area contributed by atoms with Crippen molar-refractivity contribution in [2.75, 3.05) is 6.61 Å². The highest BCUT2D eigenvalue weighted by Gasteiger charge is 2.30. The largest absolute Gasteiger partial charge is 0.493 e. The van der Waals surface area contributed by atoms with E-state index >= 15 is 0 Å². The molecule has 0 bridgehead atoms. The van der Waals surface area contributed by atoms with Crippen LogP contribution in [-0.2, 0) is 21.0 Å². The van der Waals surface area contributed by atoms with E-state index in [0.717, 1.165) is 5.75 Å². The predicted molar refractivity (Wildman–Crippen MR) is 171 cm³/mol. The van der Waals surface area contributed by atoms with Gasteiger partial charge in [0, 0.05) is 27.3 Å². The number of carbonyl (C=O) groups is 1. The molecule has 0 spiro atoms. The number of aliphatic carboxylic acids is 1. The van der Waals surface area contributed by atoms with E-state index in [1.807, 2.05) is 23.5 Å². The highest BCUT2D eigenvalue weighted by Crippen LogP contribution is 2.49. The van der Waals surface area contributed by atoms with Crippen LogP contribution in [0.3, 0.4) is 0 Å². The molecule has 0 aromatic heterocycles. The van der Waals surface area contributed by atoms with Crippen LogP contribution in [0.5, 0.6) is 5.75 Å². The summed E-state index contributed by atoms with van der Waals surface area (Å²) in [4.78, 5) is 13.6. The molecule has 0 unspecified atom stereocenters. The molecule has 0 atom stereocenters. The molecule has 0 amide bonds. The first-order chi connectivity index (χ1) is 17.6. The van der Waals surface area contributed by atoms with Gasteiger partial charge in [0.2, 0.25) is 0 Å². The molecule has 2 rings (SSSR count). The Morgan fingerprint density at radius 1 is 0.769 bits per heavy atom. The lowest BCUT2D eigenvalue weighted by Crippen LogP contribution is -2.21. The van der Waals surface area contributed by atoms with Gasteiger partial charge < -0.3 is 9.84 Å². The van der Waals surface area contributed by atoms with E-state index in [9.17, 15) is 4.79 Å². The number of carboxylic acids is 1. The maximum absolute atomic E-state index is 11.0. The van der Waals surface area contributed by atoms with Crippen LogP contribution >= 0.6 is 23.5 Å². The third-order valence-electron chi connectivity index (χ3n) is 6.65. The van der Waals surface area contributed by atoms with E-state index in [0.29, 0.717) is 18.9 Å². The second-order valence-corrected chi connectivity index (χ2v) is 18.1. The Labute approximate surface area is 247 Å². The highest BCUT2D eigenvalue weighted by atomic mass is 32.2. The van der Waals surface area contributed by atoms with E-state index < -0.39 is 5.97 Å². The van der Waals surface area contributed by atoms with Crippen molar-refractivity contribution >= 4 is 29.5 Å². The Morgan fingerprint density at radius 2 is 1.26 bits per heavy atom. The standard InChI is InChI=1S/C34H52O3S2/c1-22(2)23-17-24(31(3,4)5)19-25(18-23)38-34(12,13)39-26-20-27(32(6,7)8)30(28(21-26)33(9,10)11)37-16-14-15-29(35)36/h17-22H,14-16H2,1-13H3,(H,35,36). The summed E-state index contributed by atoms with van der Waals surface area (Å²) in [6.45, 7) is 29.7. The molecule has 0 aliphatic heterocycles. The van der Waals surface area contributed by atoms with Crippen molar-refractivity contribution in [3.8, 4) is 5.75 Å². The van der Waals surface area contributed by atoms with Crippen LogP contribution in [0.1, 0.15) is 131 Å². The molecule has 0 saturated carbocycles. The van der Waals surface area contributed by atoms with E-state index in [1.165, 1.54) is 32.0 Å². The van der Waals surface area contributed by atoms with Crippen molar-refractivity contribution in [3.63, 3.8) is 0 Å². The molecular formula is C34H52O3S2. The van der Waals surface area contributed by atoms with Crippen LogP contribution in [-0.4, -0.2) is 21.8 Å². The minimum absolute atomic E-state index is 0.0982. The maximum atomic E-state index is 11.0. The fraction of sp³-hybridized carbons (Fsp3) is 0.618. The number of hydrogen-bond acceptors (Lipinski definition) is 4. The Morgan fingerprint density at radius 3 is 1.67 bits per heavy atom. The first kappa shape index (κ1) is 33.6. The molecular weight excluding hydrogens is 521 g/mol. The molecule has 0 heterocycles. The highest BCUT2D eigenvalue weighted by molar-refractivity contribution is 8.18. The summed E-state index contributed by atoms with van der Waals surface area (Å²) < 4.78 is 6.26. The number of ether oxygens (including phenoxy) is 1. The van der Waals surface area contributed by atoms with Gasteiger partial charge in [0.25, 0.3) is 0 Å². The molecule has 2 aromatic carbocycles. The van der Waals surface area contributed by atoms with Crippen LogP contribution in [0, 0.1) is 0 Å². The molecule has 5 heteroatoms. The van der Waals surface area contributed by atoms with Gasteiger partial charge in [-0.2, -0.15) is 0 Å². The normalized spacial score (nSPS) is 13.2. The zero-order valence-corrected chi connectivity index (χ0v) is 28.3. The third-order valence-corrected chi connectivity index (χ3v) is 9.07. The Hall–Kier alpha value is -1.59. The first-order valence-corrected chi connectivity index (χ1v) is 15.8. The molecule has 0 fully saturated rings. The van der Waals surface area contributed by atoms with Crippen LogP contribution in [0.4, 0.5) is 0 Å². The average Bonchev–Trinajstić information content (AvgIpc) is 2.74. The fourth-order valence-corrected chi connectivity index (χ4v) is 6.98. The number of thioether (sulfide) groups is 2. The second kappa shape index (κ2) is 12.5. The van der Waals surface area contributed by atoms with Gasteiger partial charge in [-0.3, -0.25) is 4.79 Å². The fourth-order valence-electron chi connectivity index (χ4n) is 4.36. The Kier molecular flexibility index (Phi) is 10.8. The van der Waals surface area contributed by atoms with Gasteiger partial charge in [0.05, 0.1) is 10.7 Å². The maximum Gasteiger partial charge on any atom is 0.303 e. The van der Waals surface area contributed by atoms with E-state index in [1.54, 1.807) is 0 Å². The van der Waals surface area contributed by atoms with Gasteiger partial charge in [0.15, 0.2) is 0 Å². The monoisotopic (exact) mass is 572 g/mol. The van der Waals surface area contributed by atoms with E-state index in [-0.39, 0.29) is 26.7 Å². The summed E-state index contributed by atoms with van der Waals surface area (Å²) in [5.74, 6) is 0.606.